The minimum Gasteiger partial charge on any atom is -0.381 e. The number of aromatic nitrogens is 2. The van der Waals surface area contributed by atoms with Crippen LogP contribution in [0.1, 0.15) is 36.2 Å². The molecule has 1 saturated carbocycles. The lowest BCUT2D eigenvalue weighted by Gasteiger charge is -2.04. The zero-order valence-electron chi connectivity index (χ0n) is 15.6. The second-order valence-electron chi connectivity index (χ2n) is 6.83. The van der Waals surface area contributed by atoms with Gasteiger partial charge in [-0.3, -0.25) is 4.79 Å². The summed E-state index contributed by atoms with van der Waals surface area (Å²) in [4.78, 5) is 12.0. The third-order valence-electron chi connectivity index (χ3n) is 4.56. The van der Waals surface area contributed by atoms with E-state index in [4.69, 9.17) is 4.74 Å². The molecule has 0 spiro atoms. The van der Waals surface area contributed by atoms with Gasteiger partial charge in [-0.25, -0.2) is 4.68 Å². The molecular weight excluding hydrogens is 326 g/mol. The number of carbonyl (C=O) groups excluding carboxylic acids is 1. The van der Waals surface area contributed by atoms with Crippen molar-refractivity contribution in [3.8, 4) is 5.69 Å². The Hall–Kier alpha value is -2.40. The van der Waals surface area contributed by atoms with Gasteiger partial charge in [-0.1, -0.05) is 18.2 Å². The molecule has 0 bridgehead atoms. The first-order chi connectivity index (χ1) is 12.6. The second-order valence-corrected chi connectivity index (χ2v) is 6.83. The van der Waals surface area contributed by atoms with Gasteiger partial charge in [0.1, 0.15) is 0 Å². The van der Waals surface area contributed by atoms with Gasteiger partial charge in [-0.05, 0) is 57.2 Å². The van der Waals surface area contributed by atoms with Crippen LogP contribution in [0.25, 0.3) is 11.8 Å². The molecule has 5 nitrogen and oxygen atoms in total. The minimum atomic E-state index is -0.0848. The van der Waals surface area contributed by atoms with E-state index < -0.39 is 0 Å². The van der Waals surface area contributed by atoms with Crippen molar-refractivity contribution in [3.05, 3.63) is 53.4 Å². The molecule has 3 rings (SSSR count). The van der Waals surface area contributed by atoms with E-state index in [9.17, 15) is 4.79 Å². The number of ether oxygens (including phenoxy) is 1. The summed E-state index contributed by atoms with van der Waals surface area (Å²) in [6, 6.07) is 10.00. The zero-order valence-corrected chi connectivity index (χ0v) is 15.6. The lowest BCUT2D eigenvalue weighted by atomic mass is 10.2. The number of nitrogens with one attached hydrogen (secondary N) is 1. The Bertz CT molecular complexity index is 761. The molecule has 0 saturated heterocycles. The van der Waals surface area contributed by atoms with Gasteiger partial charge < -0.3 is 10.1 Å². The molecule has 1 aromatic carbocycles. The monoisotopic (exact) mass is 353 g/mol. The molecule has 1 aromatic heterocycles. The molecule has 0 aliphatic heterocycles. The molecule has 5 heteroatoms. The Morgan fingerprint density at radius 2 is 2.08 bits per heavy atom. The Kier molecular flexibility index (Phi) is 6.23. The molecule has 1 fully saturated rings. The van der Waals surface area contributed by atoms with Crippen molar-refractivity contribution in [1.82, 2.24) is 15.1 Å². The van der Waals surface area contributed by atoms with Crippen molar-refractivity contribution in [3.63, 3.8) is 0 Å². The third-order valence-corrected chi connectivity index (χ3v) is 4.56. The van der Waals surface area contributed by atoms with E-state index in [2.05, 4.69) is 10.4 Å². The first kappa shape index (κ1) is 18.4. The predicted molar refractivity (Wildman–Crippen MR) is 103 cm³/mol. The van der Waals surface area contributed by atoms with Crippen molar-refractivity contribution in [1.29, 1.82) is 0 Å². The lowest BCUT2D eigenvalue weighted by Crippen LogP contribution is -2.23. The summed E-state index contributed by atoms with van der Waals surface area (Å²) in [7, 11) is 0. The van der Waals surface area contributed by atoms with Gasteiger partial charge in [0.05, 0.1) is 11.4 Å². The summed E-state index contributed by atoms with van der Waals surface area (Å²) in [5, 5.41) is 7.49. The summed E-state index contributed by atoms with van der Waals surface area (Å²) < 4.78 is 7.47. The Balaban J connectivity index is 1.49. The van der Waals surface area contributed by atoms with Gasteiger partial charge in [0, 0.05) is 37.1 Å². The quantitative estimate of drug-likeness (QED) is 0.555. The number of hydrogen-bond acceptors (Lipinski definition) is 3. The zero-order chi connectivity index (χ0) is 18.4. The molecule has 0 radical (unpaired) electrons. The van der Waals surface area contributed by atoms with Crippen molar-refractivity contribution >= 4 is 12.0 Å². The van der Waals surface area contributed by atoms with E-state index in [0.717, 1.165) is 41.6 Å². The maximum Gasteiger partial charge on any atom is 0.244 e. The van der Waals surface area contributed by atoms with Crippen molar-refractivity contribution < 1.29 is 9.53 Å². The number of amides is 1. The highest BCUT2D eigenvalue weighted by molar-refractivity contribution is 5.92. The maximum absolute atomic E-state index is 12.0. The number of aryl methyl sites for hydroxylation is 1. The van der Waals surface area contributed by atoms with Crippen LogP contribution in [-0.4, -0.2) is 35.4 Å². The van der Waals surface area contributed by atoms with Crippen molar-refractivity contribution in [2.45, 2.75) is 33.1 Å². The Morgan fingerprint density at radius 3 is 2.81 bits per heavy atom. The molecule has 2 aromatic rings. The fourth-order valence-corrected chi connectivity index (χ4v) is 2.85. The topological polar surface area (TPSA) is 56.2 Å². The average Bonchev–Trinajstić information content (AvgIpc) is 3.43. The molecule has 1 amide bonds. The molecule has 0 unspecified atom stereocenters. The number of hydrogen-bond donors (Lipinski definition) is 1. The molecule has 1 aliphatic rings. The summed E-state index contributed by atoms with van der Waals surface area (Å²) in [6.45, 7) is 6.19. The predicted octanol–water partition coefficient (Wildman–Crippen LogP) is 3.44. The summed E-state index contributed by atoms with van der Waals surface area (Å²) in [5.74, 6) is 0.703. The summed E-state index contributed by atoms with van der Waals surface area (Å²) in [6.07, 6.45) is 6.88. The van der Waals surface area contributed by atoms with E-state index in [1.54, 1.807) is 6.08 Å². The van der Waals surface area contributed by atoms with E-state index in [0.29, 0.717) is 13.2 Å². The van der Waals surface area contributed by atoms with E-state index in [1.807, 2.05) is 54.9 Å². The first-order valence-corrected chi connectivity index (χ1v) is 9.30. The third kappa shape index (κ3) is 5.05. The smallest absolute Gasteiger partial charge is 0.244 e. The van der Waals surface area contributed by atoms with Gasteiger partial charge in [0.2, 0.25) is 5.91 Å². The summed E-state index contributed by atoms with van der Waals surface area (Å²) in [5.41, 5.74) is 3.93. The van der Waals surface area contributed by atoms with E-state index in [1.165, 1.54) is 12.8 Å². The van der Waals surface area contributed by atoms with E-state index >= 15 is 0 Å². The van der Waals surface area contributed by atoms with Gasteiger partial charge >= 0.3 is 0 Å². The minimum absolute atomic E-state index is 0.0848. The second kappa shape index (κ2) is 8.81. The van der Waals surface area contributed by atoms with Crippen LogP contribution in [-0.2, 0) is 9.53 Å². The number of para-hydroxylation sites is 1. The van der Waals surface area contributed by atoms with Crippen LogP contribution in [0, 0.1) is 19.8 Å². The van der Waals surface area contributed by atoms with Crippen LogP contribution >= 0.6 is 0 Å². The fourth-order valence-electron chi connectivity index (χ4n) is 2.85. The molecule has 1 heterocycles. The van der Waals surface area contributed by atoms with Crippen LogP contribution in [0.2, 0.25) is 0 Å². The SMILES string of the molecule is Cc1nn(-c2ccccc2)c(C)c1/C=C/C(=O)NCCCOCC1CC1. The summed E-state index contributed by atoms with van der Waals surface area (Å²) >= 11 is 0. The lowest BCUT2D eigenvalue weighted by molar-refractivity contribution is -0.116. The van der Waals surface area contributed by atoms with Crippen LogP contribution in [0.5, 0.6) is 0 Å². The molecular formula is C21H27N3O2. The van der Waals surface area contributed by atoms with Crippen LogP contribution in [0.4, 0.5) is 0 Å². The number of carbonyl (C=O) groups is 1. The normalized spacial score (nSPS) is 14.1. The van der Waals surface area contributed by atoms with E-state index in [-0.39, 0.29) is 5.91 Å². The fraction of sp³-hybridized carbons (Fsp3) is 0.429. The largest absolute Gasteiger partial charge is 0.381 e. The number of nitrogens with zero attached hydrogens (tertiary/aromatic N) is 2. The van der Waals surface area contributed by atoms with Gasteiger partial charge in [-0.2, -0.15) is 5.10 Å². The van der Waals surface area contributed by atoms with Crippen LogP contribution in [0.3, 0.4) is 0 Å². The van der Waals surface area contributed by atoms with Crippen LogP contribution in [0.15, 0.2) is 36.4 Å². The Labute approximate surface area is 155 Å². The highest BCUT2D eigenvalue weighted by atomic mass is 16.5. The number of benzene rings is 1. The molecule has 1 N–H and O–H groups in total. The van der Waals surface area contributed by atoms with Crippen LogP contribution < -0.4 is 5.32 Å². The average molecular weight is 353 g/mol. The van der Waals surface area contributed by atoms with Gasteiger partial charge in [0.15, 0.2) is 0 Å². The highest BCUT2D eigenvalue weighted by Gasteiger charge is 2.20. The molecule has 138 valence electrons. The van der Waals surface area contributed by atoms with Gasteiger partial charge in [-0.15, -0.1) is 0 Å². The first-order valence-electron chi connectivity index (χ1n) is 9.30. The standard InChI is InChI=1S/C21H27N3O2/c1-16-20(17(2)24(23-16)19-7-4-3-5-8-19)11-12-21(25)22-13-6-14-26-15-18-9-10-18/h3-5,7-8,11-12,18H,6,9-10,13-15H2,1-2H3,(H,22,25)/b12-11+. The molecule has 0 atom stereocenters. The Morgan fingerprint density at radius 1 is 1.31 bits per heavy atom. The van der Waals surface area contributed by atoms with Crippen molar-refractivity contribution in [2.24, 2.45) is 5.92 Å². The maximum atomic E-state index is 12.0. The number of rotatable bonds is 9. The van der Waals surface area contributed by atoms with Gasteiger partial charge in [0.25, 0.3) is 0 Å². The molecule has 1 aliphatic carbocycles. The highest BCUT2D eigenvalue weighted by Crippen LogP contribution is 2.28. The molecule has 26 heavy (non-hydrogen) atoms. The van der Waals surface area contributed by atoms with Crippen molar-refractivity contribution in [2.75, 3.05) is 19.8 Å².